The lowest BCUT2D eigenvalue weighted by Gasteiger charge is -2.17. The zero-order chi connectivity index (χ0) is 13.8. The van der Waals surface area contributed by atoms with Crippen molar-refractivity contribution in [3.05, 3.63) is 59.7 Å². The Morgan fingerprint density at radius 2 is 1.65 bits per heavy atom. The summed E-state index contributed by atoms with van der Waals surface area (Å²) in [5.41, 5.74) is 3.92. The number of benzene rings is 2. The van der Waals surface area contributed by atoms with Gasteiger partial charge < -0.3 is 9.64 Å². The van der Waals surface area contributed by atoms with Crippen molar-refractivity contribution in [1.82, 2.24) is 0 Å². The van der Waals surface area contributed by atoms with Crippen LogP contribution in [0.25, 0.3) is 0 Å². The zero-order valence-electron chi connectivity index (χ0n) is 12.0. The molecule has 0 N–H and O–H groups in total. The lowest BCUT2D eigenvalue weighted by molar-refractivity contribution is 0.410. The molecule has 0 spiro atoms. The van der Waals surface area contributed by atoms with Gasteiger partial charge in [-0.15, -0.1) is 0 Å². The Morgan fingerprint density at radius 1 is 0.950 bits per heavy atom. The molecule has 2 nitrogen and oxygen atoms in total. The summed E-state index contributed by atoms with van der Waals surface area (Å²) in [6.07, 6.45) is 3.57. The lowest BCUT2D eigenvalue weighted by Crippen LogP contribution is -2.17. The summed E-state index contributed by atoms with van der Waals surface area (Å²) >= 11 is 0. The van der Waals surface area contributed by atoms with E-state index in [1.807, 2.05) is 12.1 Å². The fourth-order valence-corrected chi connectivity index (χ4v) is 2.87. The molecule has 0 bridgehead atoms. The predicted molar refractivity (Wildman–Crippen MR) is 83.7 cm³/mol. The third kappa shape index (κ3) is 2.79. The van der Waals surface area contributed by atoms with Gasteiger partial charge in [-0.25, -0.2) is 0 Å². The van der Waals surface area contributed by atoms with E-state index in [1.54, 1.807) is 7.11 Å². The van der Waals surface area contributed by atoms with Crippen LogP contribution in [0.1, 0.15) is 24.0 Å². The van der Waals surface area contributed by atoms with Gasteiger partial charge in [-0.2, -0.15) is 0 Å². The second kappa shape index (κ2) is 6.00. The van der Waals surface area contributed by atoms with Gasteiger partial charge in [-0.3, -0.25) is 0 Å². The highest BCUT2D eigenvalue weighted by atomic mass is 16.5. The third-order valence-corrected chi connectivity index (χ3v) is 3.99. The van der Waals surface area contributed by atoms with Crippen LogP contribution in [0.15, 0.2) is 48.5 Å². The van der Waals surface area contributed by atoms with Crippen molar-refractivity contribution in [2.24, 2.45) is 0 Å². The normalized spacial score (nSPS) is 14.6. The first-order valence-electron chi connectivity index (χ1n) is 7.32. The maximum Gasteiger partial charge on any atom is 0.122 e. The molecular formula is C18H21NO. The summed E-state index contributed by atoms with van der Waals surface area (Å²) in [6.45, 7) is 2.40. The molecule has 2 heteroatoms. The van der Waals surface area contributed by atoms with Gasteiger partial charge in [0, 0.05) is 25.2 Å². The topological polar surface area (TPSA) is 12.5 Å². The molecule has 1 aliphatic rings. The fourth-order valence-electron chi connectivity index (χ4n) is 2.87. The number of methoxy groups -OCH3 is 1. The van der Waals surface area contributed by atoms with Crippen molar-refractivity contribution < 1.29 is 4.74 Å². The van der Waals surface area contributed by atoms with Gasteiger partial charge in [0.25, 0.3) is 0 Å². The van der Waals surface area contributed by atoms with Gasteiger partial charge in [0.2, 0.25) is 0 Å². The number of hydrogen-bond acceptors (Lipinski definition) is 2. The Bertz CT molecular complexity index is 556. The molecule has 0 radical (unpaired) electrons. The molecule has 1 saturated heterocycles. The summed E-state index contributed by atoms with van der Waals surface area (Å²) < 4.78 is 5.41. The fraction of sp³-hybridized carbons (Fsp3) is 0.333. The molecule has 0 aromatic heterocycles. The van der Waals surface area contributed by atoms with Gasteiger partial charge in [-0.05, 0) is 42.2 Å². The first-order valence-corrected chi connectivity index (χ1v) is 7.32. The molecule has 0 atom stereocenters. The van der Waals surface area contributed by atoms with Crippen molar-refractivity contribution >= 4 is 5.69 Å². The highest BCUT2D eigenvalue weighted by Crippen LogP contribution is 2.24. The van der Waals surface area contributed by atoms with E-state index in [0.717, 1.165) is 12.2 Å². The van der Waals surface area contributed by atoms with Gasteiger partial charge in [0.1, 0.15) is 5.75 Å². The van der Waals surface area contributed by atoms with E-state index in [4.69, 9.17) is 4.74 Å². The molecule has 20 heavy (non-hydrogen) atoms. The molecule has 0 unspecified atom stereocenters. The molecule has 0 amide bonds. The lowest BCUT2D eigenvalue weighted by atomic mass is 10.0. The number of rotatable bonds is 4. The monoisotopic (exact) mass is 267 g/mol. The van der Waals surface area contributed by atoms with Crippen molar-refractivity contribution in [3.8, 4) is 5.75 Å². The Balaban J connectivity index is 1.74. The Labute approximate surface area is 121 Å². The standard InChI is InChI=1S/C18H21NO/c1-20-18-7-3-2-6-16(18)14-15-8-10-17(11-9-15)19-12-4-5-13-19/h2-3,6-11H,4-5,12-14H2,1H3. The smallest absolute Gasteiger partial charge is 0.122 e. The van der Waals surface area contributed by atoms with E-state index in [9.17, 15) is 0 Å². The first-order chi connectivity index (χ1) is 9.86. The van der Waals surface area contributed by atoms with Crippen LogP contribution in [-0.2, 0) is 6.42 Å². The van der Waals surface area contributed by atoms with E-state index in [2.05, 4.69) is 41.3 Å². The maximum atomic E-state index is 5.41. The Morgan fingerprint density at radius 3 is 2.35 bits per heavy atom. The highest BCUT2D eigenvalue weighted by Gasteiger charge is 2.12. The minimum Gasteiger partial charge on any atom is -0.496 e. The van der Waals surface area contributed by atoms with Crippen LogP contribution in [-0.4, -0.2) is 20.2 Å². The summed E-state index contributed by atoms with van der Waals surface area (Å²) in [7, 11) is 1.73. The van der Waals surface area contributed by atoms with Crippen molar-refractivity contribution in [3.63, 3.8) is 0 Å². The summed E-state index contributed by atoms with van der Waals surface area (Å²) in [5.74, 6) is 0.969. The Hall–Kier alpha value is -1.96. The molecule has 3 rings (SSSR count). The summed E-state index contributed by atoms with van der Waals surface area (Å²) in [4.78, 5) is 2.47. The summed E-state index contributed by atoms with van der Waals surface area (Å²) in [6, 6.07) is 17.2. The Kier molecular flexibility index (Phi) is 3.91. The van der Waals surface area contributed by atoms with Gasteiger partial charge >= 0.3 is 0 Å². The van der Waals surface area contributed by atoms with Crippen LogP contribution in [0.5, 0.6) is 5.75 Å². The molecule has 1 aliphatic heterocycles. The zero-order valence-corrected chi connectivity index (χ0v) is 12.0. The van der Waals surface area contributed by atoms with E-state index in [-0.39, 0.29) is 0 Å². The van der Waals surface area contributed by atoms with Crippen molar-refractivity contribution in [2.45, 2.75) is 19.3 Å². The van der Waals surface area contributed by atoms with Crippen LogP contribution in [0.2, 0.25) is 0 Å². The first kappa shape index (κ1) is 13.0. The van der Waals surface area contributed by atoms with Gasteiger partial charge in [-0.1, -0.05) is 30.3 Å². The number of anilines is 1. The molecule has 1 fully saturated rings. The molecule has 2 aromatic rings. The SMILES string of the molecule is COc1ccccc1Cc1ccc(N2CCCC2)cc1. The largest absolute Gasteiger partial charge is 0.496 e. The predicted octanol–water partition coefficient (Wildman–Crippen LogP) is 3.89. The second-order valence-electron chi connectivity index (χ2n) is 5.35. The molecular weight excluding hydrogens is 246 g/mol. The molecule has 104 valence electrons. The van der Waals surface area contributed by atoms with Gasteiger partial charge in [0.05, 0.1) is 7.11 Å². The molecule has 2 aromatic carbocycles. The van der Waals surface area contributed by atoms with Crippen LogP contribution in [0.3, 0.4) is 0 Å². The molecule has 0 saturated carbocycles. The quantitative estimate of drug-likeness (QED) is 0.833. The van der Waals surface area contributed by atoms with Crippen LogP contribution in [0, 0.1) is 0 Å². The molecule has 0 aliphatic carbocycles. The third-order valence-electron chi connectivity index (χ3n) is 3.99. The minimum absolute atomic E-state index is 0.921. The highest BCUT2D eigenvalue weighted by molar-refractivity contribution is 5.49. The van der Waals surface area contributed by atoms with Gasteiger partial charge in [0.15, 0.2) is 0 Å². The average molecular weight is 267 g/mol. The van der Waals surface area contributed by atoms with E-state index >= 15 is 0 Å². The van der Waals surface area contributed by atoms with E-state index in [0.29, 0.717) is 0 Å². The second-order valence-corrected chi connectivity index (χ2v) is 5.35. The summed E-state index contributed by atoms with van der Waals surface area (Å²) in [5, 5.41) is 0. The maximum absolute atomic E-state index is 5.41. The van der Waals surface area contributed by atoms with Crippen molar-refractivity contribution in [1.29, 1.82) is 0 Å². The number of nitrogens with zero attached hydrogens (tertiary/aromatic N) is 1. The van der Waals surface area contributed by atoms with E-state index in [1.165, 1.54) is 42.7 Å². The molecule has 1 heterocycles. The van der Waals surface area contributed by atoms with Crippen molar-refractivity contribution in [2.75, 3.05) is 25.1 Å². The average Bonchev–Trinajstić information content (AvgIpc) is 3.03. The number of hydrogen-bond donors (Lipinski definition) is 0. The van der Waals surface area contributed by atoms with Crippen LogP contribution < -0.4 is 9.64 Å². The van der Waals surface area contributed by atoms with E-state index < -0.39 is 0 Å². The van der Waals surface area contributed by atoms with Crippen LogP contribution in [0.4, 0.5) is 5.69 Å². The number of para-hydroxylation sites is 1. The van der Waals surface area contributed by atoms with Crippen LogP contribution >= 0.6 is 0 Å². The number of ether oxygens (including phenoxy) is 1. The minimum atomic E-state index is 0.921.